The fourth-order valence-corrected chi connectivity index (χ4v) is 4.66. The number of benzene rings is 1. The number of halogens is 1. The molecule has 20 heavy (non-hydrogen) atoms. The van der Waals surface area contributed by atoms with Gasteiger partial charge < -0.3 is 5.11 Å². The van der Waals surface area contributed by atoms with Crippen molar-refractivity contribution in [3.8, 4) is 0 Å². The first-order valence-electron chi connectivity index (χ1n) is 7.43. The Kier molecular flexibility index (Phi) is 2.64. The van der Waals surface area contributed by atoms with Gasteiger partial charge in [0.25, 0.3) is 0 Å². The van der Waals surface area contributed by atoms with Crippen LogP contribution in [0.3, 0.4) is 0 Å². The molecule has 0 aromatic heterocycles. The maximum Gasteiger partial charge on any atom is 0.308 e. The van der Waals surface area contributed by atoms with Crippen molar-refractivity contribution in [2.45, 2.75) is 50.2 Å². The first-order valence-corrected chi connectivity index (χ1v) is 7.43. The number of hydrogen-bond donors (Lipinski definition) is 1. The van der Waals surface area contributed by atoms with Gasteiger partial charge in [0.1, 0.15) is 5.82 Å². The second kappa shape index (κ2) is 4.29. The predicted octanol–water partition coefficient (Wildman–Crippen LogP) is 2.75. The van der Waals surface area contributed by atoms with Gasteiger partial charge in [0.2, 0.25) is 0 Å². The molecule has 4 heteroatoms. The lowest BCUT2D eigenvalue weighted by molar-refractivity contribution is -0.142. The van der Waals surface area contributed by atoms with Crippen molar-refractivity contribution in [2.75, 3.05) is 0 Å². The molecule has 2 heterocycles. The molecule has 1 N–H and O–H groups in total. The van der Waals surface area contributed by atoms with E-state index in [9.17, 15) is 14.3 Å². The number of fused-ring (bicyclic) bond motifs is 3. The summed E-state index contributed by atoms with van der Waals surface area (Å²) in [6.45, 7) is 0. The molecule has 4 rings (SSSR count). The first-order chi connectivity index (χ1) is 9.65. The highest BCUT2D eigenvalue weighted by molar-refractivity contribution is 5.71. The lowest BCUT2D eigenvalue weighted by Crippen LogP contribution is -2.35. The Morgan fingerprint density at radius 2 is 2.15 bits per heavy atom. The van der Waals surface area contributed by atoms with Crippen LogP contribution in [0.1, 0.15) is 42.9 Å². The van der Waals surface area contributed by atoms with E-state index in [0.29, 0.717) is 12.1 Å². The molecule has 1 aromatic carbocycles. The number of carboxylic acid groups (broad SMARTS) is 1. The maximum absolute atomic E-state index is 13.3. The van der Waals surface area contributed by atoms with Gasteiger partial charge in [0.15, 0.2) is 0 Å². The Balaban J connectivity index is 1.66. The monoisotopic (exact) mass is 275 g/mol. The molecule has 0 saturated carbocycles. The predicted molar refractivity (Wildman–Crippen MR) is 71.9 cm³/mol. The quantitative estimate of drug-likeness (QED) is 0.902. The van der Waals surface area contributed by atoms with Crippen LogP contribution >= 0.6 is 0 Å². The zero-order valence-corrected chi connectivity index (χ0v) is 11.3. The van der Waals surface area contributed by atoms with Crippen LogP contribution in [0.25, 0.3) is 0 Å². The van der Waals surface area contributed by atoms with Crippen molar-refractivity contribution in [3.63, 3.8) is 0 Å². The van der Waals surface area contributed by atoms with Gasteiger partial charge in [-0.2, -0.15) is 0 Å². The van der Waals surface area contributed by atoms with Crippen LogP contribution in [0.5, 0.6) is 0 Å². The third-order valence-corrected chi connectivity index (χ3v) is 5.42. The zero-order valence-electron chi connectivity index (χ0n) is 11.3. The van der Waals surface area contributed by atoms with Crippen LogP contribution in [0.2, 0.25) is 0 Å². The lowest BCUT2D eigenvalue weighted by Gasteiger charge is -2.30. The first kappa shape index (κ1) is 12.3. The van der Waals surface area contributed by atoms with E-state index < -0.39 is 5.97 Å². The number of hydrogen-bond acceptors (Lipinski definition) is 2. The topological polar surface area (TPSA) is 40.5 Å². The van der Waals surface area contributed by atoms with Gasteiger partial charge in [-0.15, -0.1) is 0 Å². The van der Waals surface area contributed by atoms with Gasteiger partial charge in [0.05, 0.1) is 5.92 Å². The molecule has 106 valence electrons. The molecule has 3 nitrogen and oxygen atoms in total. The molecule has 4 unspecified atom stereocenters. The van der Waals surface area contributed by atoms with Gasteiger partial charge in [-0.3, -0.25) is 9.69 Å². The molecule has 2 aliphatic heterocycles. The number of carbonyl (C=O) groups is 1. The lowest BCUT2D eigenvalue weighted by atomic mass is 9.89. The van der Waals surface area contributed by atoms with Crippen molar-refractivity contribution in [2.24, 2.45) is 5.92 Å². The van der Waals surface area contributed by atoms with Crippen LogP contribution in [-0.2, 0) is 11.2 Å². The van der Waals surface area contributed by atoms with Gasteiger partial charge >= 0.3 is 5.97 Å². The number of aliphatic carboxylic acids is 1. The molecule has 0 amide bonds. The van der Waals surface area contributed by atoms with Crippen LogP contribution in [0.4, 0.5) is 4.39 Å². The Hall–Kier alpha value is -1.42. The van der Waals surface area contributed by atoms with Crippen molar-refractivity contribution in [3.05, 3.63) is 35.1 Å². The summed E-state index contributed by atoms with van der Waals surface area (Å²) in [7, 11) is 0. The average molecular weight is 275 g/mol. The normalized spacial score (nSPS) is 35.5. The van der Waals surface area contributed by atoms with E-state index in [2.05, 4.69) is 4.90 Å². The summed E-state index contributed by atoms with van der Waals surface area (Å²) in [5, 5.41) is 9.35. The van der Waals surface area contributed by atoms with Crippen LogP contribution in [0, 0.1) is 11.7 Å². The van der Waals surface area contributed by atoms with Crippen LogP contribution < -0.4 is 0 Å². The molecule has 3 aliphatic rings. The summed E-state index contributed by atoms with van der Waals surface area (Å²) >= 11 is 0. The Labute approximate surface area is 117 Å². The molecule has 1 aromatic rings. The van der Waals surface area contributed by atoms with Crippen molar-refractivity contribution < 1.29 is 14.3 Å². The highest BCUT2D eigenvalue weighted by Crippen LogP contribution is 2.50. The minimum absolute atomic E-state index is 0.169. The van der Waals surface area contributed by atoms with E-state index in [1.165, 1.54) is 11.6 Å². The minimum atomic E-state index is -0.653. The van der Waals surface area contributed by atoms with E-state index in [0.717, 1.165) is 37.7 Å². The zero-order chi connectivity index (χ0) is 13.9. The smallest absolute Gasteiger partial charge is 0.308 e. The van der Waals surface area contributed by atoms with E-state index in [4.69, 9.17) is 0 Å². The summed E-state index contributed by atoms with van der Waals surface area (Å²) in [4.78, 5) is 13.8. The van der Waals surface area contributed by atoms with Gasteiger partial charge in [-0.1, -0.05) is 6.07 Å². The van der Waals surface area contributed by atoms with Crippen molar-refractivity contribution >= 4 is 5.97 Å². The van der Waals surface area contributed by atoms with Crippen molar-refractivity contribution in [1.82, 2.24) is 4.90 Å². The third-order valence-electron chi connectivity index (χ3n) is 5.42. The fourth-order valence-electron chi connectivity index (χ4n) is 4.66. The maximum atomic E-state index is 13.3. The average Bonchev–Trinajstić information content (AvgIpc) is 3.08. The van der Waals surface area contributed by atoms with E-state index >= 15 is 0 Å². The van der Waals surface area contributed by atoms with E-state index in [1.807, 2.05) is 6.07 Å². The SMILES string of the molecule is O=C(O)C1CC2CCC1N2C1CCc2cc(F)ccc21. The van der Waals surface area contributed by atoms with Crippen LogP contribution in [0.15, 0.2) is 18.2 Å². The second-order valence-electron chi connectivity index (χ2n) is 6.32. The Bertz CT molecular complexity index is 574. The van der Waals surface area contributed by atoms with Crippen LogP contribution in [-0.4, -0.2) is 28.1 Å². The van der Waals surface area contributed by atoms with Gasteiger partial charge in [-0.05, 0) is 55.4 Å². The van der Waals surface area contributed by atoms with Crippen molar-refractivity contribution in [1.29, 1.82) is 0 Å². The molecule has 1 aliphatic carbocycles. The molecule has 0 radical (unpaired) electrons. The summed E-state index contributed by atoms with van der Waals surface area (Å²) in [5.74, 6) is -1.03. The summed E-state index contributed by atoms with van der Waals surface area (Å²) < 4.78 is 13.3. The number of carboxylic acids is 1. The highest BCUT2D eigenvalue weighted by Gasteiger charge is 2.52. The molecular weight excluding hydrogens is 257 g/mol. The molecule has 2 fully saturated rings. The Morgan fingerprint density at radius 1 is 1.30 bits per heavy atom. The van der Waals surface area contributed by atoms with E-state index in [1.54, 1.807) is 6.07 Å². The fraction of sp³-hybridized carbons (Fsp3) is 0.562. The Morgan fingerprint density at radius 3 is 2.90 bits per heavy atom. The molecule has 0 spiro atoms. The molecular formula is C16H18FNO2. The second-order valence-corrected chi connectivity index (χ2v) is 6.32. The molecule has 2 bridgehead atoms. The molecule has 4 atom stereocenters. The van der Waals surface area contributed by atoms with Gasteiger partial charge in [-0.25, -0.2) is 4.39 Å². The largest absolute Gasteiger partial charge is 0.481 e. The molecule has 2 saturated heterocycles. The minimum Gasteiger partial charge on any atom is -0.481 e. The summed E-state index contributed by atoms with van der Waals surface area (Å²) in [5.41, 5.74) is 2.32. The third kappa shape index (κ3) is 1.64. The summed E-state index contributed by atoms with van der Waals surface area (Å²) in [6, 6.07) is 5.95. The van der Waals surface area contributed by atoms with Gasteiger partial charge in [0, 0.05) is 18.1 Å². The number of rotatable bonds is 2. The number of aryl methyl sites for hydroxylation is 1. The number of nitrogens with zero attached hydrogens (tertiary/aromatic N) is 1. The summed E-state index contributed by atoms with van der Waals surface area (Å²) in [6.07, 6.45) is 4.80. The highest BCUT2D eigenvalue weighted by atomic mass is 19.1. The standard InChI is InChI=1S/C16H18FNO2/c17-10-2-4-12-9(7-10)1-5-14(12)18-11-3-6-15(18)13(8-11)16(19)20/h2,4,7,11,13-15H,1,3,5-6,8H2,(H,19,20). The van der Waals surface area contributed by atoms with E-state index in [-0.39, 0.29) is 17.8 Å².